The smallest absolute Gasteiger partial charge is 0.223 e. The Bertz CT molecular complexity index is 804. The number of hydrogen-bond acceptors (Lipinski definition) is 4. The average molecular weight is 323 g/mol. The SMILES string of the molecule is COc1ccc([C@@H](Nc2nccc(C)n2)c2ccc(F)cc2)cc1. The molecule has 3 rings (SSSR count). The molecule has 3 aromatic rings. The fourth-order valence-corrected chi connectivity index (χ4v) is 2.46. The summed E-state index contributed by atoms with van der Waals surface area (Å²) in [6.45, 7) is 1.91. The van der Waals surface area contributed by atoms with Crippen molar-refractivity contribution in [1.29, 1.82) is 0 Å². The van der Waals surface area contributed by atoms with Gasteiger partial charge in [0.1, 0.15) is 11.6 Å². The monoisotopic (exact) mass is 323 g/mol. The normalized spacial score (nSPS) is 11.8. The number of ether oxygens (including phenoxy) is 1. The zero-order chi connectivity index (χ0) is 16.9. The molecule has 4 nitrogen and oxygen atoms in total. The van der Waals surface area contributed by atoms with Gasteiger partial charge in [0.25, 0.3) is 0 Å². The minimum Gasteiger partial charge on any atom is -0.497 e. The van der Waals surface area contributed by atoms with Gasteiger partial charge in [-0.15, -0.1) is 0 Å². The number of halogens is 1. The van der Waals surface area contributed by atoms with Crippen LogP contribution in [0.3, 0.4) is 0 Å². The highest BCUT2D eigenvalue weighted by atomic mass is 19.1. The van der Waals surface area contributed by atoms with Gasteiger partial charge in [-0.25, -0.2) is 14.4 Å². The summed E-state index contributed by atoms with van der Waals surface area (Å²) in [5, 5.41) is 3.32. The Labute approximate surface area is 140 Å². The number of nitrogens with one attached hydrogen (secondary N) is 1. The molecule has 1 heterocycles. The minimum absolute atomic E-state index is 0.196. The van der Waals surface area contributed by atoms with Crippen molar-refractivity contribution >= 4 is 5.95 Å². The Kier molecular flexibility index (Phi) is 4.70. The van der Waals surface area contributed by atoms with E-state index < -0.39 is 0 Å². The van der Waals surface area contributed by atoms with Gasteiger partial charge in [0, 0.05) is 11.9 Å². The molecular formula is C19H18FN3O. The van der Waals surface area contributed by atoms with Gasteiger partial charge in [0.15, 0.2) is 0 Å². The van der Waals surface area contributed by atoms with Gasteiger partial charge in [0.2, 0.25) is 5.95 Å². The van der Waals surface area contributed by atoms with E-state index in [1.165, 1.54) is 12.1 Å². The van der Waals surface area contributed by atoms with Crippen molar-refractivity contribution in [3.8, 4) is 5.75 Å². The predicted molar refractivity (Wildman–Crippen MR) is 91.6 cm³/mol. The molecule has 1 atom stereocenters. The van der Waals surface area contributed by atoms with Crippen molar-refractivity contribution in [3.63, 3.8) is 0 Å². The lowest BCUT2D eigenvalue weighted by Gasteiger charge is -2.20. The number of hydrogen-bond donors (Lipinski definition) is 1. The van der Waals surface area contributed by atoms with Crippen LogP contribution in [0.5, 0.6) is 5.75 Å². The summed E-state index contributed by atoms with van der Waals surface area (Å²) in [7, 11) is 1.63. The van der Waals surface area contributed by atoms with Crippen molar-refractivity contribution in [3.05, 3.63) is 83.4 Å². The van der Waals surface area contributed by atoms with Crippen LogP contribution in [0.4, 0.5) is 10.3 Å². The molecule has 0 radical (unpaired) electrons. The molecule has 0 aliphatic rings. The first kappa shape index (κ1) is 15.9. The molecule has 24 heavy (non-hydrogen) atoms. The summed E-state index contributed by atoms with van der Waals surface area (Å²) in [6.07, 6.45) is 1.71. The first-order chi connectivity index (χ1) is 11.7. The molecule has 1 aromatic heterocycles. The van der Waals surface area contributed by atoms with Crippen LogP contribution in [0, 0.1) is 12.7 Å². The van der Waals surface area contributed by atoms with Crippen molar-refractivity contribution in [2.75, 3.05) is 12.4 Å². The second-order valence-electron chi connectivity index (χ2n) is 5.42. The minimum atomic E-state index is -0.265. The number of aromatic nitrogens is 2. The Morgan fingerprint density at radius 2 is 1.58 bits per heavy atom. The lowest BCUT2D eigenvalue weighted by Crippen LogP contribution is -2.14. The van der Waals surface area contributed by atoms with Crippen molar-refractivity contribution in [1.82, 2.24) is 9.97 Å². The van der Waals surface area contributed by atoms with Crippen LogP contribution in [0.2, 0.25) is 0 Å². The zero-order valence-electron chi connectivity index (χ0n) is 13.5. The zero-order valence-corrected chi connectivity index (χ0v) is 13.5. The third kappa shape index (κ3) is 3.68. The number of aryl methyl sites for hydroxylation is 1. The summed E-state index contributed by atoms with van der Waals surface area (Å²) < 4.78 is 18.5. The standard InChI is InChI=1S/C19H18FN3O/c1-13-11-12-21-19(22-13)23-18(14-3-7-16(20)8-4-14)15-5-9-17(24-2)10-6-15/h3-12,18H,1-2H3,(H,21,22,23)/t18-/m0/s1. The molecule has 0 amide bonds. The predicted octanol–water partition coefficient (Wildman–Crippen LogP) is 4.13. The summed E-state index contributed by atoms with van der Waals surface area (Å²) in [5.41, 5.74) is 2.80. The molecular weight excluding hydrogens is 305 g/mol. The molecule has 0 fully saturated rings. The van der Waals surface area contributed by atoms with Gasteiger partial charge in [-0.1, -0.05) is 24.3 Å². The van der Waals surface area contributed by atoms with E-state index in [-0.39, 0.29) is 11.9 Å². The van der Waals surface area contributed by atoms with Crippen LogP contribution in [0.15, 0.2) is 60.8 Å². The number of rotatable bonds is 5. The van der Waals surface area contributed by atoms with E-state index in [4.69, 9.17) is 4.74 Å². The second-order valence-corrected chi connectivity index (χ2v) is 5.42. The van der Waals surface area contributed by atoms with Gasteiger partial charge < -0.3 is 10.1 Å². The van der Waals surface area contributed by atoms with E-state index in [2.05, 4.69) is 15.3 Å². The van der Waals surface area contributed by atoms with Gasteiger partial charge in [-0.05, 0) is 48.4 Å². The van der Waals surface area contributed by atoms with Crippen LogP contribution >= 0.6 is 0 Å². The van der Waals surface area contributed by atoms with Crippen LogP contribution < -0.4 is 10.1 Å². The van der Waals surface area contributed by atoms with Crippen molar-refractivity contribution < 1.29 is 9.13 Å². The van der Waals surface area contributed by atoms with Gasteiger partial charge in [0.05, 0.1) is 13.2 Å². The van der Waals surface area contributed by atoms with E-state index in [9.17, 15) is 4.39 Å². The topological polar surface area (TPSA) is 47.0 Å². The molecule has 2 aromatic carbocycles. The Balaban J connectivity index is 1.97. The summed E-state index contributed by atoms with van der Waals surface area (Å²) in [5.74, 6) is 1.04. The van der Waals surface area contributed by atoms with E-state index in [0.717, 1.165) is 22.6 Å². The van der Waals surface area contributed by atoms with E-state index in [0.29, 0.717) is 5.95 Å². The fourth-order valence-electron chi connectivity index (χ4n) is 2.46. The maximum absolute atomic E-state index is 13.3. The van der Waals surface area contributed by atoms with Gasteiger partial charge in [-0.2, -0.15) is 0 Å². The number of anilines is 1. The highest BCUT2D eigenvalue weighted by Gasteiger charge is 2.15. The number of nitrogens with zero attached hydrogens (tertiary/aromatic N) is 2. The molecule has 0 aliphatic heterocycles. The average Bonchev–Trinajstić information content (AvgIpc) is 2.61. The van der Waals surface area contributed by atoms with E-state index in [1.807, 2.05) is 37.3 Å². The molecule has 5 heteroatoms. The van der Waals surface area contributed by atoms with E-state index >= 15 is 0 Å². The summed E-state index contributed by atoms with van der Waals surface area (Å²) >= 11 is 0. The highest BCUT2D eigenvalue weighted by molar-refractivity contribution is 5.42. The highest BCUT2D eigenvalue weighted by Crippen LogP contribution is 2.27. The number of methoxy groups -OCH3 is 1. The summed E-state index contributed by atoms with van der Waals surface area (Å²) in [6, 6.07) is 15.8. The second kappa shape index (κ2) is 7.08. The number of benzene rings is 2. The lowest BCUT2D eigenvalue weighted by atomic mass is 9.98. The first-order valence-corrected chi connectivity index (χ1v) is 7.61. The maximum Gasteiger partial charge on any atom is 0.223 e. The third-order valence-corrected chi connectivity index (χ3v) is 3.72. The van der Waals surface area contributed by atoms with Crippen LogP contribution in [-0.4, -0.2) is 17.1 Å². The first-order valence-electron chi connectivity index (χ1n) is 7.61. The molecule has 122 valence electrons. The molecule has 0 saturated carbocycles. The fraction of sp³-hybridized carbons (Fsp3) is 0.158. The van der Waals surface area contributed by atoms with Crippen LogP contribution in [0.25, 0.3) is 0 Å². The van der Waals surface area contributed by atoms with Crippen LogP contribution in [0.1, 0.15) is 22.9 Å². The Morgan fingerprint density at radius 3 is 2.17 bits per heavy atom. The van der Waals surface area contributed by atoms with Gasteiger partial charge in [-0.3, -0.25) is 0 Å². The van der Waals surface area contributed by atoms with Gasteiger partial charge >= 0.3 is 0 Å². The lowest BCUT2D eigenvalue weighted by molar-refractivity contribution is 0.414. The third-order valence-electron chi connectivity index (χ3n) is 3.72. The molecule has 1 N–H and O–H groups in total. The molecule has 0 bridgehead atoms. The van der Waals surface area contributed by atoms with E-state index in [1.54, 1.807) is 25.4 Å². The summed E-state index contributed by atoms with van der Waals surface area (Å²) in [4.78, 5) is 8.65. The molecule has 0 spiro atoms. The largest absolute Gasteiger partial charge is 0.497 e. The Morgan fingerprint density at radius 1 is 0.958 bits per heavy atom. The molecule has 0 saturated heterocycles. The maximum atomic E-state index is 13.3. The quantitative estimate of drug-likeness (QED) is 0.767. The Hall–Kier alpha value is -2.95. The van der Waals surface area contributed by atoms with Crippen molar-refractivity contribution in [2.24, 2.45) is 0 Å². The molecule has 0 unspecified atom stereocenters. The van der Waals surface area contributed by atoms with Crippen molar-refractivity contribution in [2.45, 2.75) is 13.0 Å². The molecule has 0 aliphatic carbocycles. The van der Waals surface area contributed by atoms with Crippen LogP contribution in [-0.2, 0) is 0 Å².